The third kappa shape index (κ3) is 6.12. The number of hydrogen-bond acceptors (Lipinski definition) is 8. The Balaban J connectivity index is 1.35. The van der Waals surface area contributed by atoms with E-state index in [1.54, 1.807) is 0 Å². The highest BCUT2D eigenvalue weighted by atomic mass is 35.5. The highest BCUT2D eigenvalue weighted by Gasteiger charge is 2.40. The molecule has 214 valence electrons. The van der Waals surface area contributed by atoms with Crippen molar-refractivity contribution in [1.29, 1.82) is 5.26 Å². The maximum absolute atomic E-state index is 14.2. The standard InChI is InChI=1S/C27H24ClF4N7O2/c28-25-35-21-15-37(22-13-34-12-20(29)23(22)27(30,31)32)9-7-19(21)24(36-25)38-10-11-39(18(14-38)6-8-33)26(40)41-16-17-4-2-1-3-5-17/h1-5,12-13,18H,6-7,9-11,14-16H2/t18-/m0/s1. The third-order valence-electron chi connectivity index (χ3n) is 7.07. The molecule has 0 spiro atoms. The molecule has 0 radical (unpaired) electrons. The van der Waals surface area contributed by atoms with Gasteiger partial charge >= 0.3 is 12.3 Å². The number of aromatic nitrogens is 3. The minimum atomic E-state index is -4.91. The van der Waals surface area contributed by atoms with Gasteiger partial charge in [-0.05, 0) is 23.6 Å². The second kappa shape index (κ2) is 11.7. The van der Waals surface area contributed by atoms with Gasteiger partial charge in [-0.2, -0.15) is 18.4 Å². The molecule has 0 N–H and O–H groups in total. The second-order valence-electron chi connectivity index (χ2n) is 9.62. The topological polar surface area (TPSA) is 98.5 Å². The summed E-state index contributed by atoms with van der Waals surface area (Å²) in [6.45, 7) is 1.05. The van der Waals surface area contributed by atoms with Gasteiger partial charge in [-0.25, -0.2) is 19.2 Å². The van der Waals surface area contributed by atoms with Gasteiger partial charge in [0.05, 0.1) is 48.9 Å². The van der Waals surface area contributed by atoms with E-state index in [4.69, 9.17) is 16.3 Å². The number of amides is 1. The molecule has 0 saturated carbocycles. The Hall–Kier alpha value is -4.18. The number of benzene rings is 1. The first-order chi connectivity index (χ1) is 19.7. The van der Waals surface area contributed by atoms with Crippen LogP contribution in [0.3, 0.4) is 0 Å². The summed E-state index contributed by atoms with van der Waals surface area (Å²) in [5.74, 6) is -0.959. The predicted molar refractivity (Wildman–Crippen MR) is 141 cm³/mol. The SMILES string of the molecule is N#CC[C@H]1CN(c2nc(Cl)nc3c2CCN(c2cncc(F)c2C(F)(F)F)C3)CCN1C(=O)OCc1ccccc1. The Morgan fingerprint density at radius 2 is 1.90 bits per heavy atom. The van der Waals surface area contributed by atoms with Crippen LogP contribution in [0.15, 0.2) is 42.7 Å². The Morgan fingerprint density at radius 3 is 2.63 bits per heavy atom. The van der Waals surface area contributed by atoms with Crippen molar-refractivity contribution < 1.29 is 27.1 Å². The van der Waals surface area contributed by atoms with Crippen molar-refractivity contribution in [3.63, 3.8) is 0 Å². The molecule has 0 aliphatic carbocycles. The lowest BCUT2D eigenvalue weighted by Gasteiger charge is -2.41. The van der Waals surface area contributed by atoms with Crippen LogP contribution in [-0.4, -0.2) is 58.2 Å². The molecular formula is C27H24ClF4N7O2. The van der Waals surface area contributed by atoms with Gasteiger partial charge < -0.3 is 19.4 Å². The Morgan fingerprint density at radius 1 is 1.12 bits per heavy atom. The zero-order valence-corrected chi connectivity index (χ0v) is 22.4. The van der Waals surface area contributed by atoms with Gasteiger partial charge in [0.2, 0.25) is 5.28 Å². The lowest BCUT2D eigenvalue weighted by Crippen LogP contribution is -2.55. The normalized spacial score (nSPS) is 17.2. The van der Waals surface area contributed by atoms with Crippen LogP contribution >= 0.6 is 11.6 Å². The summed E-state index contributed by atoms with van der Waals surface area (Å²) in [6, 6.07) is 10.9. The Labute approximate surface area is 237 Å². The summed E-state index contributed by atoms with van der Waals surface area (Å²) in [4.78, 5) is 30.0. The Bertz CT molecular complexity index is 1470. The monoisotopic (exact) mass is 589 g/mol. The molecule has 9 nitrogen and oxygen atoms in total. The van der Waals surface area contributed by atoms with E-state index in [1.165, 1.54) is 9.80 Å². The fraction of sp³-hybridized carbons (Fsp3) is 0.370. The molecule has 2 aliphatic heterocycles. The molecule has 1 atom stereocenters. The predicted octanol–water partition coefficient (Wildman–Crippen LogP) is 4.99. The zero-order chi connectivity index (χ0) is 29.1. The van der Waals surface area contributed by atoms with Crippen molar-refractivity contribution in [2.24, 2.45) is 0 Å². The number of hydrogen-bond donors (Lipinski definition) is 0. The molecule has 2 aromatic heterocycles. The highest BCUT2D eigenvalue weighted by Crippen LogP contribution is 2.40. The van der Waals surface area contributed by atoms with Crippen LogP contribution in [0.4, 0.5) is 33.9 Å². The number of piperazine rings is 1. The highest BCUT2D eigenvalue weighted by molar-refractivity contribution is 6.28. The van der Waals surface area contributed by atoms with Gasteiger partial charge in [-0.15, -0.1) is 0 Å². The first kappa shape index (κ1) is 28.4. The maximum atomic E-state index is 14.2. The van der Waals surface area contributed by atoms with E-state index >= 15 is 0 Å². The number of halogens is 5. The van der Waals surface area contributed by atoms with Crippen molar-refractivity contribution in [2.75, 3.05) is 36.0 Å². The molecule has 3 aromatic rings. The largest absolute Gasteiger partial charge is 0.445 e. The number of carbonyl (C=O) groups is 1. The summed E-state index contributed by atoms with van der Waals surface area (Å²) >= 11 is 6.24. The van der Waals surface area contributed by atoms with Gasteiger partial charge in [0.15, 0.2) is 5.82 Å². The van der Waals surface area contributed by atoms with E-state index < -0.39 is 29.7 Å². The average molecular weight is 590 g/mol. The molecule has 41 heavy (non-hydrogen) atoms. The first-order valence-electron chi connectivity index (χ1n) is 12.8. The van der Waals surface area contributed by atoms with Crippen molar-refractivity contribution >= 4 is 29.2 Å². The van der Waals surface area contributed by atoms with Crippen LogP contribution in [0.2, 0.25) is 5.28 Å². The van der Waals surface area contributed by atoms with Gasteiger partial charge in [-0.3, -0.25) is 4.98 Å². The van der Waals surface area contributed by atoms with E-state index in [-0.39, 0.29) is 56.6 Å². The van der Waals surface area contributed by atoms with Crippen LogP contribution in [-0.2, 0) is 30.5 Å². The first-order valence-corrected chi connectivity index (χ1v) is 13.1. The van der Waals surface area contributed by atoms with Gasteiger partial charge in [0, 0.05) is 31.7 Å². The van der Waals surface area contributed by atoms with Crippen molar-refractivity contribution in [3.8, 4) is 6.07 Å². The molecule has 14 heteroatoms. The number of nitriles is 1. The van der Waals surface area contributed by atoms with E-state index in [0.29, 0.717) is 29.8 Å². The summed E-state index contributed by atoms with van der Waals surface area (Å²) in [5, 5.41) is 9.34. The van der Waals surface area contributed by atoms with Crippen molar-refractivity contribution in [1.82, 2.24) is 19.9 Å². The van der Waals surface area contributed by atoms with Gasteiger partial charge in [-0.1, -0.05) is 30.3 Å². The fourth-order valence-corrected chi connectivity index (χ4v) is 5.35. The van der Waals surface area contributed by atoms with Crippen LogP contribution in [0, 0.1) is 17.1 Å². The molecule has 5 rings (SSSR count). The summed E-state index contributed by atoms with van der Waals surface area (Å²) in [7, 11) is 0. The minimum absolute atomic E-state index is 0.0541. The second-order valence-corrected chi connectivity index (χ2v) is 9.96. The third-order valence-corrected chi connectivity index (χ3v) is 7.24. The number of alkyl halides is 3. The molecule has 1 amide bonds. The fourth-order valence-electron chi connectivity index (χ4n) is 5.16. The number of carbonyl (C=O) groups excluding carboxylic acids is 1. The minimum Gasteiger partial charge on any atom is -0.445 e. The van der Waals surface area contributed by atoms with Crippen molar-refractivity contribution in [3.05, 3.63) is 76.2 Å². The number of anilines is 2. The van der Waals surface area contributed by atoms with Gasteiger partial charge in [0.25, 0.3) is 0 Å². The lowest BCUT2D eigenvalue weighted by molar-refractivity contribution is -0.139. The maximum Gasteiger partial charge on any atom is 0.421 e. The van der Waals surface area contributed by atoms with E-state index in [2.05, 4.69) is 21.0 Å². The number of pyridine rings is 1. The van der Waals surface area contributed by atoms with E-state index in [1.807, 2.05) is 35.2 Å². The smallest absolute Gasteiger partial charge is 0.421 e. The molecule has 0 bridgehead atoms. The van der Waals surface area contributed by atoms with Crippen molar-refractivity contribution in [2.45, 2.75) is 38.2 Å². The van der Waals surface area contributed by atoms with Crippen LogP contribution < -0.4 is 9.80 Å². The Kier molecular flexibility index (Phi) is 8.12. The number of ether oxygens (including phenoxy) is 1. The van der Waals surface area contributed by atoms with Crippen LogP contribution in [0.1, 0.15) is 28.8 Å². The van der Waals surface area contributed by atoms with E-state index in [0.717, 1.165) is 11.8 Å². The number of nitrogens with zero attached hydrogens (tertiary/aromatic N) is 7. The molecule has 1 fully saturated rings. The lowest BCUT2D eigenvalue weighted by atomic mass is 10.0. The summed E-state index contributed by atoms with van der Waals surface area (Å²) in [6.07, 6.45) is -3.60. The molecule has 1 aromatic carbocycles. The molecule has 1 saturated heterocycles. The van der Waals surface area contributed by atoms with E-state index in [9.17, 15) is 27.6 Å². The van der Waals surface area contributed by atoms with Gasteiger partial charge in [0.1, 0.15) is 18.0 Å². The molecule has 0 unspecified atom stereocenters. The average Bonchev–Trinajstić information content (AvgIpc) is 2.95. The number of rotatable bonds is 5. The molecule has 4 heterocycles. The number of fused-ring (bicyclic) bond motifs is 1. The molecule has 2 aliphatic rings. The van der Waals surface area contributed by atoms with Crippen LogP contribution in [0.5, 0.6) is 0 Å². The summed E-state index contributed by atoms with van der Waals surface area (Å²) < 4.78 is 60.6. The summed E-state index contributed by atoms with van der Waals surface area (Å²) in [5.41, 5.74) is 0.177. The molecular weight excluding hydrogens is 566 g/mol. The quantitative estimate of drug-likeness (QED) is 0.303. The zero-order valence-electron chi connectivity index (χ0n) is 21.6. The van der Waals surface area contributed by atoms with Crippen LogP contribution in [0.25, 0.3) is 0 Å².